The molecule has 144 valence electrons. The fraction of sp³-hybridized carbons (Fsp3) is 0.600. The van der Waals surface area contributed by atoms with Gasteiger partial charge in [-0.2, -0.15) is 0 Å². The third-order valence-corrected chi connectivity index (χ3v) is 4.73. The smallest absolute Gasteiger partial charge is 0.221 e. The molecule has 2 rings (SSSR count). The van der Waals surface area contributed by atoms with E-state index in [0.717, 1.165) is 29.7 Å². The lowest BCUT2D eigenvalue weighted by molar-refractivity contribution is -0.121. The lowest BCUT2D eigenvalue weighted by atomic mass is 9.95. The molecule has 6 nitrogen and oxygen atoms in total. The second-order valence-corrected chi connectivity index (χ2v) is 6.82. The number of methoxy groups -OCH3 is 1. The second-order valence-electron chi connectivity index (χ2n) is 6.82. The van der Waals surface area contributed by atoms with Gasteiger partial charge in [-0.15, -0.1) is 0 Å². The Bertz CT molecular complexity index is 610. The number of carbonyl (C=O) groups is 1. The van der Waals surface area contributed by atoms with Gasteiger partial charge in [-0.05, 0) is 31.4 Å². The molecule has 0 atom stereocenters. The molecule has 0 heterocycles. The number of guanidine groups is 1. The highest BCUT2D eigenvalue weighted by atomic mass is 16.5. The molecule has 0 saturated heterocycles. The van der Waals surface area contributed by atoms with Crippen LogP contribution in [0.5, 0.6) is 5.75 Å². The molecule has 1 aliphatic rings. The number of ether oxygens (including phenoxy) is 1. The van der Waals surface area contributed by atoms with Crippen LogP contribution in [0.2, 0.25) is 0 Å². The highest BCUT2D eigenvalue weighted by Gasteiger charge is 2.15. The predicted octanol–water partition coefficient (Wildman–Crippen LogP) is 2.51. The highest BCUT2D eigenvalue weighted by Crippen LogP contribution is 2.19. The van der Waals surface area contributed by atoms with E-state index in [1.165, 1.54) is 19.3 Å². The van der Waals surface area contributed by atoms with E-state index >= 15 is 0 Å². The van der Waals surface area contributed by atoms with E-state index in [4.69, 9.17) is 4.74 Å². The minimum atomic E-state index is 0.111. The average Bonchev–Trinajstić information content (AvgIpc) is 2.66. The average molecular weight is 361 g/mol. The maximum absolute atomic E-state index is 12.0. The Balaban J connectivity index is 1.71. The van der Waals surface area contributed by atoms with Crippen LogP contribution >= 0.6 is 0 Å². The molecule has 0 unspecified atom stereocenters. The number of benzene rings is 1. The van der Waals surface area contributed by atoms with Crippen molar-refractivity contribution in [3.63, 3.8) is 0 Å². The summed E-state index contributed by atoms with van der Waals surface area (Å²) in [6.45, 7) is 3.21. The van der Waals surface area contributed by atoms with Crippen molar-refractivity contribution < 1.29 is 9.53 Å². The number of rotatable bonds is 7. The fourth-order valence-electron chi connectivity index (χ4n) is 3.24. The minimum Gasteiger partial charge on any atom is -0.496 e. The van der Waals surface area contributed by atoms with Crippen molar-refractivity contribution in [2.45, 2.75) is 58.0 Å². The van der Waals surface area contributed by atoms with E-state index in [9.17, 15) is 4.79 Å². The summed E-state index contributed by atoms with van der Waals surface area (Å²) >= 11 is 0. The number of aliphatic imine (C=N–C) groups is 1. The number of nitrogens with one attached hydrogen (secondary N) is 3. The van der Waals surface area contributed by atoms with Gasteiger partial charge in [-0.3, -0.25) is 9.79 Å². The van der Waals surface area contributed by atoms with Crippen molar-refractivity contribution in [1.82, 2.24) is 16.0 Å². The molecule has 0 bridgehead atoms. The molecule has 1 fully saturated rings. The van der Waals surface area contributed by atoms with Crippen LogP contribution in [-0.2, 0) is 11.3 Å². The van der Waals surface area contributed by atoms with Crippen LogP contribution in [0.3, 0.4) is 0 Å². The highest BCUT2D eigenvalue weighted by molar-refractivity contribution is 5.81. The Morgan fingerprint density at radius 1 is 1.23 bits per heavy atom. The minimum absolute atomic E-state index is 0.111. The molecule has 1 aromatic carbocycles. The first kappa shape index (κ1) is 20.1. The summed E-state index contributed by atoms with van der Waals surface area (Å²) in [5, 5.41) is 9.59. The Labute approximate surface area is 156 Å². The zero-order valence-electron chi connectivity index (χ0n) is 16.2. The second kappa shape index (κ2) is 10.7. The molecule has 0 spiro atoms. The Hall–Kier alpha value is -2.24. The van der Waals surface area contributed by atoms with E-state index in [1.807, 2.05) is 19.1 Å². The predicted molar refractivity (Wildman–Crippen MR) is 106 cm³/mol. The van der Waals surface area contributed by atoms with Crippen molar-refractivity contribution in [3.8, 4) is 5.75 Å². The van der Waals surface area contributed by atoms with Gasteiger partial charge in [0, 0.05) is 38.2 Å². The lowest BCUT2D eigenvalue weighted by Crippen LogP contribution is -2.41. The van der Waals surface area contributed by atoms with E-state index in [1.54, 1.807) is 14.2 Å². The summed E-state index contributed by atoms with van der Waals surface area (Å²) in [7, 11) is 3.40. The summed E-state index contributed by atoms with van der Waals surface area (Å²) in [6.07, 6.45) is 6.42. The van der Waals surface area contributed by atoms with E-state index in [2.05, 4.69) is 27.0 Å². The fourth-order valence-corrected chi connectivity index (χ4v) is 3.24. The molecule has 6 heteroatoms. The number of carbonyl (C=O) groups excluding carboxylic acids is 1. The number of hydrogen-bond donors (Lipinski definition) is 3. The third-order valence-electron chi connectivity index (χ3n) is 4.73. The van der Waals surface area contributed by atoms with Gasteiger partial charge in [0.05, 0.1) is 7.11 Å². The van der Waals surface area contributed by atoms with Gasteiger partial charge in [0.15, 0.2) is 5.96 Å². The van der Waals surface area contributed by atoms with Crippen molar-refractivity contribution in [2.24, 2.45) is 4.99 Å². The zero-order valence-corrected chi connectivity index (χ0v) is 16.2. The van der Waals surface area contributed by atoms with Crippen LogP contribution in [0.4, 0.5) is 0 Å². The van der Waals surface area contributed by atoms with Crippen LogP contribution in [-0.4, -0.2) is 38.6 Å². The Morgan fingerprint density at radius 2 is 2.00 bits per heavy atom. The van der Waals surface area contributed by atoms with E-state index in [-0.39, 0.29) is 5.91 Å². The number of amides is 1. The SMILES string of the molecule is CN=C(NCCC(=O)NC1CCCCC1)NCc1ccc(C)cc1OC. The maximum Gasteiger partial charge on any atom is 0.221 e. The van der Waals surface area contributed by atoms with Crippen LogP contribution in [0.1, 0.15) is 49.7 Å². The van der Waals surface area contributed by atoms with Gasteiger partial charge < -0.3 is 20.7 Å². The number of nitrogens with zero attached hydrogens (tertiary/aromatic N) is 1. The monoisotopic (exact) mass is 360 g/mol. The van der Waals surface area contributed by atoms with E-state index in [0.29, 0.717) is 31.5 Å². The van der Waals surface area contributed by atoms with Crippen molar-refractivity contribution >= 4 is 11.9 Å². The molecule has 1 aromatic rings. The standard InChI is InChI=1S/C20H32N4O2/c1-15-9-10-16(18(13-15)26-3)14-23-20(21-2)22-12-11-19(25)24-17-7-5-4-6-8-17/h9-10,13,17H,4-8,11-12,14H2,1-3H3,(H,24,25)(H2,21,22,23). The molecule has 1 amide bonds. The van der Waals surface area contributed by atoms with E-state index < -0.39 is 0 Å². The van der Waals surface area contributed by atoms with Crippen LogP contribution in [0.25, 0.3) is 0 Å². The molecule has 0 aliphatic heterocycles. The van der Waals surface area contributed by atoms with Crippen LogP contribution in [0, 0.1) is 6.92 Å². The molecule has 26 heavy (non-hydrogen) atoms. The van der Waals surface area contributed by atoms with Crippen molar-refractivity contribution in [2.75, 3.05) is 20.7 Å². The van der Waals surface area contributed by atoms with Gasteiger partial charge in [-0.25, -0.2) is 0 Å². The molecular formula is C20H32N4O2. The largest absolute Gasteiger partial charge is 0.496 e. The number of aryl methyl sites for hydroxylation is 1. The number of hydrogen-bond acceptors (Lipinski definition) is 3. The summed E-state index contributed by atoms with van der Waals surface area (Å²) < 4.78 is 5.42. The molecule has 1 saturated carbocycles. The van der Waals surface area contributed by atoms with Gasteiger partial charge in [0.25, 0.3) is 0 Å². The van der Waals surface area contributed by atoms with Gasteiger partial charge >= 0.3 is 0 Å². The van der Waals surface area contributed by atoms with Crippen molar-refractivity contribution in [3.05, 3.63) is 29.3 Å². The quantitative estimate of drug-likeness (QED) is 0.516. The molecule has 0 aromatic heterocycles. The summed E-state index contributed by atoms with van der Waals surface area (Å²) in [5.41, 5.74) is 2.23. The Kier molecular flexibility index (Phi) is 8.25. The van der Waals surface area contributed by atoms with Gasteiger partial charge in [-0.1, -0.05) is 31.4 Å². The molecule has 0 radical (unpaired) electrons. The van der Waals surface area contributed by atoms with Crippen LogP contribution in [0.15, 0.2) is 23.2 Å². The van der Waals surface area contributed by atoms with Crippen molar-refractivity contribution in [1.29, 1.82) is 0 Å². The van der Waals surface area contributed by atoms with Gasteiger partial charge in [0.1, 0.15) is 5.75 Å². The van der Waals surface area contributed by atoms with Crippen LogP contribution < -0.4 is 20.7 Å². The third kappa shape index (κ3) is 6.58. The zero-order chi connectivity index (χ0) is 18.8. The summed E-state index contributed by atoms with van der Waals surface area (Å²) in [6, 6.07) is 6.49. The summed E-state index contributed by atoms with van der Waals surface area (Å²) in [4.78, 5) is 16.3. The maximum atomic E-state index is 12.0. The lowest BCUT2D eigenvalue weighted by Gasteiger charge is -2.22. The molecular weight excluding hydrogens is 328 g/mol. The first-order valence-electron chi connectivity index (χ1n) is 9.49. The Morgan fingerprint density at radius 3 is 2.69 bits per heavy atom. The topological polar surface area (TPSA) is 74.8 Å². The molecule has 1 aliphatic carbocycles. The summed E-state index contributed by atoms with van der Waals surface area (Å²) in [5.74, 6) is 1.65. The normalized spacial score (nSPS) is 15.4. The molecule has 3 N–H and O–H groups in total. The first-order valence-corrected chi connectivity index (χ1v) is 9.49. The first-order chi connectivity index (χ1) is 12.6. The van der Waals surface area contributed by atoms with Gasteiger partial charge in [0.2, 0.25) is 5.91 Å².